The molecule has 0 saturated heterocycles. The van der Waals surface area contributed by atoms with Gasteiger partial charge in [0.1, 0.15) is 0 Å². The lowest BCUT2D eigenvalue weighted by Gasteiger charge is -2.18. The summed E-state index contributed by atoms with van der Waals surface area (Å²) in [4.78, 5) is 8.43. The van der Waals surface area contributed by atoms with Crippen molar-refractivity contribution in [3.8, 4) is 0 Å². The third-order valence-electron chi connectivity index (χ3n) is 2.32. The summed E-state index contributed by atoms with van der Waals surface area (Å²) in [5.74, 6) is 0.661. The van der Waals surface area contributed by atoms with Gasteiger partial charge in [0.2, 0.25) is 5.89 Å². The Hall–Kier alpha value is -1.42. The van der Waals surface area contributed by atoms with Gasteiger partial charge in [-0.1, -0.05) is 0 Å². The molecule has 2 rings (SSSR count). The van der Waals surface area contributed by atoms with E-state index in [-0.39, 0.29) is 5.54 Å². The van der Waals surface area contributed by atoms with Crippen molar-refractivity contribution < 1.29 is 4.42 Å². The number of aromatic nitrogens is 2. The highest BCUT2D eigenvalue weighted by atomic mass is 16.4. The van der Waals surface area contributed by atoms with E-state index in [0.29, 0.717) is 11.5 Å². The fraction of sp³-hybridized carbons (Fsp3) is 0.400. The summed E-state index contributed by atoms with van der Waals surface area (Å²) in [6, 6.07) is 3.70. The largest absolute Gasteiger partial charge is 0.437 e. The predicted octanol–water partition coefficient (Wildman–Crippen LogP) is 1.68. The van der Waals surface area contributed by atoms with Crippen LogP contribution in [-0.4, -0.2) is 17.0 Å². The van der Waals surface area contributed by atoms with Crippen LogP contribution in [0, 0.1) is 0 Å². The maximum atomic E-state index is 5.59. The van der Waals surface area contributed by atoms with Crippen LogP contribution < -0.4 is 5.32 Å². The number of nitrogens with one attached hydrogen (secondary N) is 1. The number of pyridine rings is 1. The summed E-state index contributed by atoms with van der Waals surface area (Å²) in [7, 11) is 1.88. The lowest BCUT2D eigenvalue weighted by atomic mass is 10.1. The van der Waals surface area contributed by atoms with E-state index < -0.39 is 0 Å². The van der Waals surface area contributed by atoms with Gasteiger partial charge in [-0.05, 0) is 33.0 Å². The van der Waals surface area contributed by atoms with Gasteiger partial charge in [0.05, 0.1) is 5.54 Å². The van der Waals surface area contributed by atoms with E-state index in [2.05, 4.69) is 15.3 Å². The number of nitrogens with zero attached hydrogens (tertiary/aromatic N) is 2. The van der Waals surface area contributed by atoms with Crippen molar-refractivity contribution in [2.75, 3.05) is 7.05 Å². The zero-order valence-electron chi connectivity index (χ0n) is 8.53. The van der Waals surface area contributed by atoms with Crippen molar-refractivity contribution in [1.29, 1.82) is 0 Å². The molecular weight excluding hydrogens is 178 g/mol. The van der Waals surface area contributed by atoms with Gasteiger partial charge in [0, 0.05) is 6.20 Å². The number of hydrogen-bond acceptors (Lipinski definition) is 4. The molecule has 0 fully saturated rings. The van der Waals surface area contributed by atoms with Crippen molar-refractivity contribution in [3.05, 3.63) is 24.2 Å². The molecule has 14 heavy (non-hydrogen) atoms. The maximum Gasteiger partial charge on any atom is 0.216 e. The molecule has 0 radical (unpaired) electrons. The third kappa shape index (κ3) is 1.37. The lowest BCUT2D eigenvalue weighted by Crippen LogP contribution is -2.33. The first-order chi connectivity index (χ1) is 6.63. The van der Waals surface area contributed by atoms with Crippen LogP contribution in [-0.2, 0) is 5.54 Å². The molecular formula is C10H13N3O. The Labute approximate surface area is 82.4 Å². The smallest absolute Gasteiger partial charge is 0.216 e. The van der Waals surface area contributed by atoms with E-state index in [1.54, 1.807) is 6.20 Å². The van der Waals surface area contributed by atoms with Crippen molar-refractivity contribution in [2.45, 2.75) is 19.4 Å². The number of rotatable bonds is 2. The average molecular weight is 191 g/mol. The molecule has 2 heterocycles. The summed E-state index contributed by atoms with van der Waals surface area (Å²) in [5, 5.41) is 3.13. The molecule has 4 heteroatoms. The Bertz CT molecular complexity index is 414. The van der Waals surface area contributed by atoms with Crippen molar-refractivity contribution in [3.63, 3.8) is 0 Å². The zero-order valence-corrected chi connectivity index (χ0v) is 8.53. The van der Waals surface area contributed by atoms with Crippen LogP contribution in [0.2, 0.25) is 0 Å². The second-order valence-corrected chi connectivity index (χ2v) is 3.72. The minimum Gasteiger partial charge on any atom is -0.437 e. The highest BCUT2D eigenvalue weighted by Crippen LogP contribution is 2.22. The topological polar surface area (TPSA) is 51.0 Å². The van der Waals surface area contributed by atoms with Crippen LogP contribution in [0.1, 0.15) is 19.7 Å². The first kappa shape index (κ1) is 9.15. The second kappa shape index (κ2) is 3.06. The van der Waals surface area contributed by atoms with E-state index in [4.69, 9.17) is 4.42 Å². The SMILES string of the molecule is CNC(C)(C)c1nc2ncccc2o1. The molecule has 0 amide bonds. The quantitative estimate of drug-likeness (QED) is 0.784. The van der Waals surface area contributed by atoms with E-state index in [1.165, 1.54) is 0 Å². The molecule has 1 N–H and O–H groups in total. The molecule has 0 unspecified atom stereocenters. The van der Waals surface area contributed by atoms with Crippen LogP contribution in [0.3, 0.4) is 0 Å². The summed E-state index contributed by atoms with van der Waals surface area (Å²) in [6.07, 6.45) is 1.71. The van der Waals surface area contributed by atoms with E-state index in [1.807, 2.05) is 33.0 Å². The van der Waals surface area contributed by atoms with E-state index in [9.17, 15) is 0 Å². The highest BCUT2D eigenvalue weighted by molar-refractivity contribution is 5.67. The van der Waals surface area contributed by atoms with E-state index in [0.717, 1.165) is 5.58 Å². The van der Waals surface area contributed by atoms with Gasteiger partial charge in [-0.2, -0.15) is 4.98 Å². The molecule has 2 aromatic heterocycles. The monoisotopic (exact) mass is 191 g/mol. The Morgan fingerprint density at radius 2 is 2.21 bits per heavy atom. The Morgan fingerprint density at radius 1 is 1.43 bits per heavy atom. The number of oxazole rings is 1. The molecule has 0 atom stereocenters. The molecule has 0 spiro atoms. The normalized spacial score (nSPS) is 12.2. The fourth-order valence-corrected chi connectivity index (χ4v) is 1.14. The molecule has 0 saturated carbocycles. The second-order valence-electron chi connectivity index (χ2n) is 3.72. The van der Waals surface area contributed by atoms with Gasteiger partial charge in [-0.25, -0.2) is 4.98 Å². The van der Waals surface area contributed by atoms with Crippen LogP contribution in [0.4, 0.5) is 0 Å². The molecule has 4 nitrogen and oxygen atoms in total. The molecule has 0 aromatic carbocycles. The summed E-state index contributed by atoms with van der Waals surface area (Å²) in [5.41, 5.74) is 1.12. The lowest BCUT2D eigenvalue weighted by molar-refractivity contribution is 0.338. The van der Waals surface area contributed by atoms with Gasteiger partial charge < -0.3 is 9.73 Å². The van der Waals surface area contributed by atoms with Crippen LogP contribution in [0.5, 0.6) is 0 Å². The Balaban J connectivity index is 2.55. The summed E-state index contributed by atoms with van der Waals surface area (Å²) >= 11 is 0. The zero-order chi connectivity index (χ0) is 10.2. The Morgan fingerprint density at radius 3 is 2.86 bits per heavy atom. The van der Waals surface area contributed by atoms with Gasteiger partial charge in [-0.15, -0.1) is 0 Å². The van der Waals surface area contributed by atoms with Gasteiger partial charge in [0.25, 0.3) is 0 Å². The Kier molecular flexibility index (Phi) is 2.00. The van der Waals surface area contributed by atoms with E-state index >= 15 is 0 Å². The van der Waals surface area contributed by atoms with Crippen molar-refractivity contribution in [1.82, 2.24) is 15.3 Å². The molecule has 2 aromatic rings. The minimum atomic E-state index is -0.263. The molecule has 0 bridgehead atoms. The average Bonchev–Trinajstić information content (AvgIpc) is 2.61. The number of hydrogen-bond donors (Lipinski definition) is 1. The maximum absolute atomic E-state index is 5.59. The fourth-order valence-electron chi connectivity index (χ4n) is 1.14. The first-order valence-corrected chi connectivity index (χ1v) is 4.54. The van der Waals surface area contributed by atoms with Crippen LogP contribution >= 0.6 is 0 Å². The third-order valence-corrected chi connectivity index (χ3v) is 2.32. The minimum absolute atomic E-state index is 0.263. The molecule has 0 aliphatic carbocycles. The van der Waals surface area contributed by atoms with Crippen molar-refractivity contribution in [2.24, 2.45) is 0 Å². The summed E-state index contributed by atoms with van der Waals surface area (Å²) in [6.45, 7) is 4.02. The highest BCUT2D eigenvalue weighted by Gasteiger charge is 2.24. The van der Waals surface area contributed by atoms with Gasteiger partial charge in [-0.3, -0.25) is 0 Å². The standard InChI is InChI=1S/C10H13N3O/c1-10(2,11-3)9-13-8-7(14-9)5-4-6-12-8/h4-6,11H,1-3H3. The van der Waals surface area contributed by atoms with Gasteiger partial charge in [0.15, 0.2) is 11.2 Å². The van der Waals surface area contributed by atoms with Crippen LogP contribution in [0.25, 0.3) is 11.2 Å². The van der Waals surface area contributed by atoms with Crippen LogP contribution in [0.15, 0.2) is 22.7 Å². The molecule has 0 aliphatic rings. The predicted molar refractivity (Wildman–Crippen MR) is 53.9 cm³/mol. The number of fused-ring (bicyclic) bond motifs is 1. The molecule has 0 aliphatic heterocycles. The van der Waals surface area contributed by atoms with Crippen molar-refractivity contribution >= 4 is 11.2 Å². The van der Waals surface area contributed by atoms with Gasteiger partial charge >= 0.3 is 0 Å². The first-order valence-electron chi connectivity index (χ1n) is 4.54. The molecule has 74 valence electrons. The summed E-state index contributed by atoms with van der Waals surface area (Å²) < 4.78 is 5.59.